The number of aliphatic hydroxyl groups excluding tert-OH is 1. The van der Waals surface area contributed by atoms with Crippen LogP contribution < -0.4 is 10.3 Å². The number of rotatable bonds is 5. The molecule has 2 aromatic heterocycles. The second-order valence-corrected chi connectivity index (χ2v) is 6.79. The molecule has 0 saturated carbocycles. The zero-order valence-corrected chi connectivity index (χ0v) is 15.9. The fraction of sp³-hybridized carbons (Fsp3) is 0.143. The highest BCUT2D eigenvalue weighted by molar-refractivity contribution is 6.31. The number of aromatic nitrogens is 3. The highest BCUT2D eigenvalue weighted by Crippen LogP contribution is 2.24. The number of hydrogen-bond acceptors (Lipinski definition) is 4. The first-order valence-electron chi connectivity index (χ1n) is 8.72. The van der Waals surface area contributed by atoms with Crippen LogP contribution in [0.4, 0.5) is 0 Å². The van der Waals surface area contributed by atoms with Crippen molar-refractivity contribution < 1.29 is 9.84 Å². The molecule has 6 nitrogen and oxygen atoms in total. The molecule has 0 saturated heterocycles. The van der Waals surface area contributed by atoms with Gasteiger partial charge in [0.15, 0.2) is 0 Å². The number of methoxy groups -OCH3 is 1. The molecule has 28 heavy (non-hydrogen) atoms. The minimum Gasteiger partial charge on any atom is -0.497 e. The van der Waals surface area contributed by atoms with Crippen LogP contribution in [0, 0.1) is 0 Å². The fourth-order valence-electron chi connectivity index (χ4n) is 3.10. The molecule has 2 aromatic carbocycles. The molecule has 1 N–H and O–H groups in total. The third-order valence-corrected chi connectivity index (χ3v) is 4.97. The van der Waals surface area contributed by atoms with Gasteiger partial charge in [-0.3, -0.25) is 4.79 Å². The summed E-state index contributed by atoms with van der Waals surface area (Å²) in [6, 6.07) is 16.3. The maximum absolute atomic E-state index is 12.9. The zero-order valence-electron chi connectivity index (χ0n) is 15.1. The average Bonchev–Trinajstić information content (AvgIpc) is 3.15. The van der Waals surface area contributed by atoms with Crippen molar-refractivity contribution in [3.8, 4) is 17.0 Å². The van der Waals surface area contributed by atoms with Gasteiger partial charge in [-0.05, 0) is 36.4 Å². The molecule has 0 spiro atoms. The van der Waals surface area contributed by atoms with Gasteiger partial charge in [0.2, 0.25) is 0 Å². The number of hydrogen-bond donors (Lipinski definition) is 1. The van der Waals surface area contributed by atoms with E-state index in [-0.39, 0.29) is 12.1 Å². The molecule has 4 rings (SSSR count). The molecule has 2 heterocycles. The Hall–Kier alpha value is -3.09. The molecular weight excluding hydrogens is 378 g/mol. The van der Waals surface area contributed by atoms with Gasteiger partial charge in [0.05, 0.1) is 25.5 Å². The molecule has 4 aromatic rings. The van der Waals surface area contributed by atoms with Crippen molar-refractivity contribution >= 4 is 17.1 Å². The summed E-state index contributed by atoms with van der Waals surface area (Å²) < 4.78 is 8.17. The molecule has 0 aliphatic heterocycles. The first-order chi connectivity index (χ1) is 13.6. The third kappa shape index (κ3) is 3.40. The molecule has 0 radical (unpaired) electrons. The average molecular weight is 396 g/mol. The molecule has 0 bridgehead atoms. The Morgan fingerprint density at radius 3 is 2.61 bits per heavy atom. The van der Waals surface area contributed by atoms with Crippen LogP contribution in [0.5, 0.6) is 5.75 Å². The third-order valence-electron chi connectivity index (χ3n) is 4.62. The number of halogens is 1. The van der Waals surface area contributed by atoms with Crippen LogP contribution >= 0.6 is 11.6 Å². The lowest BCUT2D eigenvalue weighted by molar-refractivity contribution is 0.155. The van der Waals surface area contributed by atoms with Crippen molar-refractivity contribution in [1.29, 1.82) is 0 Å². The van der Waals surface area contributed by atoms with Gasteiger partial charge in [0, 0.05) is 28.5 Å². The molecule has 1 unspecified atom stereocenters. The second kappa shape index (κ2) is 7.50. The van der Waals surface area contributed by atoms with Gasteiger partial charge < -0.3 is 14.4 Å². The Balaban J connectivity index is 1.67. The molecule has 142 valence electrons. The monoisotopic (exact) mass is 395 g/mol. The van der Waals surface area contributed by atoms with E-state index in [1.54, 1.807) is 54.4 Å². The lowest BCUT2D eigenvalue weighted by Gasteiger charge is -2.14. The quantitative estimate of drug-likeness (QED) is 0.561. The van der Waals surface area contributed by atoms with Gasteiger partial charge in [-0.2, -0.15) is 5.10 Å². The van der Waals surface area contributed by atoms with Crippen LogP contribution in [0.1, 0.15) is 11.7 Å². The molecule has 0 aliphatic rings. The summed E-state index contributed by atoms with van der Waals surface area (Å²) in [4.78, 5) is 12.9. The predicted octanol–water partition coefficient (Wildman–Crippen LogP) is 3.56. The standard InChI is InChI=1S/C21H18ClN3O3/c1-28-15-8-6-14(7-9-15)18-12-19-21(27)24(10-11-25(19)23-18)13-20(26)16-4-2-3-5-17(16)22/h2-12,20,26H,13H2,1H3. The van der Waals surface area contributed by atoms with Crippen molar-refractivity contribution in [2.45, 2.75) is 12.6 Å². The number of fused-ring (bicyclic) bond motifs is 1. The number of benzene rings is 2. The van der Waals surface area contributed by atoms with Crippen molar-refractivity contribution in [2.75, 3.05) is 7.11 Å². The maximum Gasteiger partial charge on any atom is 0.276 e. The smallest absolute Gasteiger partial charge is 0.276 e. The summed E-state index contributed by atoms with van der Waals surface area (Å²) in [5.74, 6) is 0.753. The first-order valence-corrected chi connectivity index (χ1v) is 9.10. The normalized spacial score (nSPS) is 12.2. The van der Waals surface area contributed by atoms with E-state index in [4.69, 9.17) is 16.3 Å². The van der Waals surface area contributed by atoms with Crippen LogP contribution in [0.3, 0.4) is 0 Å². The van der Waals surface area contributed by atoms with Gasteiger partial charge in [0.1, 0.15) is 11.3 Å². The lowest BCUT2D eigenvalue weighted by atomic mass is 10.1. The van der Waals surface area contributed by atoms with E-state index >= 15 is 0 Å². The van der Waals surface area contributed by atoms with Crippen molar-refractivity contribution in [3.05, 3.63) is 87.9 Å². The summed E-state index contributed by atoms with van der Waals surface area (Å²) in [7, 11) is 1.61. The molecule has 0 fully saturated rings. The van der Waals surface area contributed by atoms with Crippen molar-refractivity contribution in [3.63, 3.8) is 0 Å². The van der Waals surface area contributed by atoms with E-state index in [9.17, 15) is 9.90 Å². The van der Waals surface area contributed by atoms with E-state index in [1.807, 2.05) is 24.3 Å². The Kier molecular flexibility index (Phi) is 4.90. The Bertz CT molecular complexity index is 1180. The van der Waals surface area contributed by atoms with Gasteiger partial charge in [-0.25, -0.2) is 4.52 Å². The van der Waals surface area contributed by atoms with Gasteiger partial charge >= 0.3 is 0 Å². The minimum absolute atomic E-state index is 0.0993. The minimum atomic E-state index is -0.891. The summed E-state index contributed by atoms with van der Waals surface area (Å²) in [6.45, 7) is 0.0993. The van der Waals surface area contributed by atoms with Gasteiger partial charge in [-0.1, -0.05) is 29.8 Å². The molecular formula is C21H18ClN3O3. The van der Waals surface area contributed by atoms with E-state index in [2.05, 4.69) is 5.10 Å². The Morgan fingerprint density at radius 2 is 1.89 bits per heavy atom. The SMILES string of the molecule is COc1ccc(-c2cc3c(=O)n(CC(O)c4ccccc4Cl)ccn3n2)cc1. The van der Waals surface area contributed by atoms with Crippen molar-refractivity contribution in [1.82, 2.24) is 14.2 Å². The second-order valence-electron chi connectivity index (χ2n) is 6.38. The lowest BCUT2D eigenvalue weighted by Crippen LogP contribution is -2.24. The van der Waals surface area contributed by atoms with Crippen LogP contribution in [0.15, 0.2) is 71.8 Å². The Morgan fingerprint density at radius 1 is 1.14 bits per heavy atom. The molecule has 0 amide bonds. The highest BCUT2D eigenvalue weighted by Gasteiger charge is 2.15. The Labute approximate surface area is 166 Å². The van der Waals surface area contributed by atoms with E-state index in [0.29, 0.717) is 21.8 Å². The fourth-order valence-corrected chi connectivity index (χ4v) is 3.36. The highest BCUT2D eigenvalue weighted by atomic mass is 35.5. The molecule has 0 aliphatic carbocycles. The summed E-state index contributed by atoms with van der Waals surface area (Å²) in [6.07, 6.45) is 2.42. The largest absolute Gasteiger partial charge is 0.497 e. The van der Waals surface area contributed by atoms with E-state index in [0.717, 1.165) is 11.3 Å². The van der Waals surface area contributed by atoms with E-state index in [1.165, 1.54) is 4.57 Å². The maximum atomic E-state index is 12.9. The van der Waals surface area contributed by atoms with Gasteiger partial charge in [0.25, 0.3) is 5.56 Å². The number of ether oxygens (including phenoxy) is 1. The zero-order chi connectivity index (χ0) is 19.7. The molecule has 7 heteroatoms. The van der Waals surface area contributed by atoms with Crippen LogP contribution in [-0.4, -0.2) is 26.4 Å². The van der Waals surface area contributed by atoms with Crippen LogP contribution in [0.2, 0.25) is 5.02 Å². The van der Waals surface area contributed by atoms with Crippen LogP contribution in [0.25, 0.3) is 16.8 Å². The summed E-state index contributed by atoms with van der Waals surface area (Å²) in [5, 5.41) is 15.4. The van der Waals surface area contributed by atoms with Crippen LogP contribution in [-0.2, 0) is 6.54 Å². The number of aliphatic hydroxyl groups is 1. The molecule has 1 atom stereocenters. The topological polar surface area (TPSA) is 68.8 Å². The van der Waals surface area contributed by atoms with E-state index < -0.39 is 6.10 Å². The predicted molar refractivity (Wildman–Crippen MR) is 108 cm³/mol. The summed E-state index contributed by atoms with van der Waals surface area (Å²) >= 11 is 6.14. The first kappa shape index (κ1) is 18.3. The van der Waals surface area contributed by atoms with Crippen molar-refractivity contribution in [2.24, 2.45) is 0 Å². The number of nitrogens with zero attached hydrogens (tertiary/aromatic N) is 3. The summed E-state index contributed by atoms with van der Waals surface area (Å²) in [5.41, 5.74) is 2.35. The van der Waals surface area contributed by atoms with Gasteiger partial charge in [-0.15, -0.1) is 0 Å².